The molecule has 26 heavy (non-hydrogen) atoms. The van der Waals surface area contributed by atoms with E-state index < -0.39 is 10.0 Å². The van der Waals surface area contributed by atoms with Crippen molar-refractivity contribution in [1.29, 1.82) is 0 Å². The molecule has 0 radical (unpaired) electrons. The van der Waals surface area contributed by atoms with Crippen molar-refractivity contribution in [3.05, 3.63) is 60.4 Å². The topological polar surface area (TPSA) is 88.4 Å². The van der Waals surface area contributed by atoms with Gasteiger partial charge in [-0.2, -0.15) is 0 Å². The largest absolute Gasteiger partial charge is 0.461 e. The quantitative estimate of drug-likeness (QED) is 0.623. The van der Waals surface area contributed by atoms with Crippen LogP contribution >= 0.6 is 0 Å². The maximum Gasteiger partial charge on any atom is 0.240 e. The Hall–Kier alpha value is -2.64. The minimum atomic E-state index is -3.58. The van der Waals surface area contributed by atoms with Crippen molar-refractivity contribution in [3.8, 4) is 0 Å². The van der Waals surface area contributed by atoms with Crippen LogP contribution in [-0.4, -0.2) is 20.9 Å². The lowest BCUT2D eigenvalue weighted by Crippen LogP contribution is -2.25. The lowest BCUT2D eigenvalue weighted by atomic mass is 10.2. The number of hydrogen-bond donors (Lipinski definition) is 2. The maximum absolute atomic E-state index is 12.3. The monoisotopic (exact) mass is 372 g/mol. The van der Waals surface area contributed by atoms with Gasteiger partial charge in [-0.1, -0.05) is 18.2 Å². The first-order valence-electron chi connectivity index (χ1n) is 8.29. The number of para-hydroxylation sites is 1. The van der Waals surface area contributed by atoms with Gasteiger partial charge in [-0.25, -0.2) is 13.1 Å². The normalized spacial score (nSPS) is 11.6. The Morgan fingerprint density at radius 3 is 2.50 bits per heavy atom. The third kappa shape index (κ3) is 4.50. The Balaban J connectivity index is 1.53. The molecule has 1 aromatic heterocycles. The summed E-state index contributed by atoms with van der Waals surface area (Å²) < 4.78 is 32.9. The smallest absolute Gasteiger partial charge is 0.240 e. The Kier molecular flexibility index (Phi) is 5.39. The number of hydrogen-bond acceptors (Lipinski definition) is 4. The van der Waals surface area contributed by atoms with Gasteiger partial charge >= 0.3 is 0 Å². The molecule has 0 saturated heterocycles. The first kappa shape index (κ1) is 18.2. The number of amides is 1. The zero-order chi connectivity index (χ0) is 18.6. The van der Waals surface area contributed by atoms with Gasteiger partial charge in [0.15, 0.2) is 0 Å². The number of furan rings is 1. The molecule has 1 heterocycles. The van der Waals surface area contributed by atoms with Gasteiger partial charge in [0.1, 0.15) is 11.3 Å². The number of fused-ring (bicyclic) bond motifs is 1. The summed E-state index contributed by atoms with van der Waals surface area (Å²) in [6, 6.07) is 15.8. The number of benzene rings is 2. The number of anilines is 1. The highest BCUT2D eigenvalue weighted by Crippen LogP contribution is 2.20. The molecular formula is C19H20N2O4S. The van der Waals surface area contributed by atoms with Gasteiger partial charge in [0.25, 0.3) is 0 Å². The molecule has 2 aromatic carbocycles. The minimum Gasteiger partial charge on any atom is -0.461 e. The summed E-state index contributed by atoms with van der Waals surface area (Å²) in [4.78, 5) is 11.2. The highest BCUT2D eigenvalue weighted by atomic mass is 32.2. The van der Waals surface area contributed by atoms with Crippen molar-refractivity contribution in [2.24, 2.45) is 0 Å². The third-order valence-electron chi connectivity index (χ3n) is 3.85. The Morgan fingerprint density at radius 1 is 1.08 bits per heavy atom. The van der Waals surface area contributed by atoms with Crippen LogP contribution in [-0.2, 0) is 21.2 Å². The van der Waals surface area contributed by atoms with Crippen molar-refractivity contribution in [3.63, 3.8) is 0 Å². The second-order valence-corrected chi connectivity index (χ2v) is 7.72. The van der Waals surface area contributed by atoms with Crippen LogP contribution in [0.4, 0.5) is 5.69 Å². The van der Waals surface area contributed by atoms with Gasteiger partial charge in [0, 0.05) is 31.0 Å². The number of carbonyl (C=O) groups excluding carboxylic acids is 1. The number of rotatable bonds is 7. The van der Waals surface area contributed by atoms with E-state index in [9.17, 15) is 13.2 Å². The van der Waals surface area contributed by atoms with Gasteiger partial charge in [0.2, 0.25) is 15.9 Å². The molecule has 1 amide bonds. The lowest BCUT2D eigenvalue weighted by molar-refractivity contribution is -0.114. The van der Waals surface area contributed by atoms with E-state index in [4.69, 9.17) is 4.42 Å². The number of carbonyl (C=O) groups is 1. The number of aryl methyl sites for hydroxylation is 1. The summed E-state index contributed by atoms with van der Waals surface area (Å²) >= 11 is 0. The van der Waals surface area contributed by atoms with Crippen LogP contribution in [0.25, 0.3) is 11.0 Å². The molecular weight excluding hydrogens is 352 g/mol. The van der Waals surface area contributed by atoms with Crippen molar-refractivity contribution in [2.75, 3.05) is 11.9 Å². The fourth-order valence-corrected chi connectivity index (χ4v) is 3.71. The van der Waals surface area contributed by atoms with E-state index in [1.165, 1.54) is 19.1 Å². The third-order valence-corrected chi connectivity index (χ3v) is 5.33. The molecule has 0 aliphatic rings. The van der Waals surface area contributed by atoms with Gasteiger partial charge in [-0.3, -0.25) is 4.79 Å². The van der Waals surface area contributed by atoms with Crippen molar-refractivity contribution >= 4 is 32.6 Å². The molecule has 0 fully saturated rings. The highest BCUT2D eigenvalue weighted by Gasteiger charge is 2.13. The van der Waals surface area contributed by atoms with Crippen LogP contribution in [0.1, 0.15) is 19.1 Å². The lowest BCUT2D eigenvalue weighted by Gasteiger charge is -2.07. The molecule has 136 valence electrons. The minimum absolute atomic E-state index is 0.162. The van der Waals surface area contributed by atoms with Crippen molar-refractivity contribution < 1.29 is 17.6 Å². The van der Waals surface area contributed by atoms with E-state index in [1.807, 2.05) is 30.3 Å². The van der Waals surface area contributed by atoms with Crippen LogP contribution in [0, 0.1) is 0 Å². The maximum atomic E-state index is 12.3. The predicted molar refractivity (Wildman–Crippen MR) is 100 cm³/mol. The molecule has 2 N–H and O–H groups in total. The molecule has 0 bridgehead atoms. The first-order valence-corrected chi connectivity index (χ1v) is 9.77. The van der Waals surface area contributed by atoms with Gasteiger partial charge in [-0.05, 0) is 42.8 Å². The van der Waals surface area contributed by atoms with Gasteiger partial charge in [-0.15, -0.1) is 0 Å². The van der Waals surface area contributed by atoms with Crippen LogP contribution < -0.4 is 10.0 Å². The molecule has 0 spiro atoms. The molecule has 0 aliphatic heterocycles. The second kappa shape index (κ2) is 7.72. The van der Waals surface area contributed by atoms with Gasteiger partial charge < -0.3 is 9.73 Å². The van der Waals surface area contributed by atoms with Gasteiger partial charge in [0.05, 0.1) is 4.90 Å². The van der Waals surface area contributed by atoms with Crippen LogP contribution in [0.15, 0.2) is 63.9 Å². The van der Waals surface area contributed by atoms with Crippen molar-refractivity contribution in [2.45, 2.75) is 24.7 Å². The zero-order valence-corrected chi connectivity index (χ0v) is 15.2. The summed E-state index contributed by atoms with van der Waals surface area (Å²) in [5, 5.41) is 3.64. The Morgan fingerprint density at radius 2 is 1.81 bits per heavy atom. The number of sulfonamides is 1. The van der Waals surface area contributed by atoms with E-state index in [0.29, 0.717) is 25.1 Å². The molecule has 0 saturated carbocycles. The van der Waals surface area contributed by atoms with E-state index >= 15 is 0 Å². The van der Waals surface area contributed by atoms with E-state index in [1.54, 1.807) is 12.1 Å². The predicted octanol–water partition coefficient (Wildman–Crippen LogP) is 3.30. The standard InChI is InChI=1S/C19H20N2O4S/c1-14(22)21-16-8-10-18(11-9-16)26(23,24)20-12-4-6-17-13-15-5-2-3-7-19(15)25-17/h2-3,5,7-11,13,20H,4,6,12H2,1H3,(H,21,22). The zero-order valence-electron chi connectivity index (χ0n) is 14.4. The second-order valence-electron chi connectivity index (χ2n) is 5.96. The fourth-order valence-electron chi connectivity index (χ4n) is 2.63. The van der Waals surface area contributed by atoms with E-state index in [0.717, 1.165) is 16.7 Å². The molecule has 7 heteroatoms. The molecule has 3 rings (SSSR count). The average molecular weight is 372 g/mol. The summed E-state index contributed by atoms with van der Waals surface area (Å²) in [6.07, 6.45) is 1.28. The molecule has 0 aliphatic carbocycles. The van der Waals surface area contributed by atoms with Crippen LogP contribution in [0.3, 0.4) is 0 Å². The first-order chi connectivity index (χ1) is 12.4. The molecule has 6 nitrogen and oxygen atoms in total. The number of nitrogens with one attached hydrogen (secondary N) is 2. The highest BCUT2D eigenvalue weighted by molar-refractivity contribution is 7.89. The molecule has 3 aromatic rings. The van der Waals surface area contributed by atoms with Crippen molar-refractivity contribution in [1.82, 2.24) is 4.72 Å². The Labute approximate surface area is 152 Å². The SMILES string of the molecule is CC(=O)Nc1ccc(S(=O)(=O)NCCCc2cc3ccccc3o2)cc1. The summed E-state index contributed by atoms with van der Waals surface area (Å²) in [7, 11) is -3.58. The summed E-state index contributed by atoms with van der Waals surface area (Å²) in [6.45, 7) is 1.71. The molecule has 0 unspecified atom stereocenters. The Bertz CT molecular complexity index is 974. The van der Waals surface area contributed by atoms with Crippen LogP contribution in [0.5, 0.6) is 0 Å². The van der Waals surface area contributed by atoms with Crippen LogP contribution in [0.2, 0.25) is 0 Å². The average Bonchev–Trinajstić information content (AvgIpc) is 3.01. The summed E-state index contributed by atoms with van der Waals surface area (Å²) in [5.41, 5.74) is 1.39. The van der Waals surface area contributed by atoms with E-state index in [-0.39, 0.29) is 10.8 Å². The fraction of sp³-hybridized carbons (Fsp3) is 0.211. The molecule has 0 atom stereocenters. The summed E-state index contributed by atoms with van der Waals surface area (Å²) in [5.74, 6) is 0.634. The van der Waals surface area contributed by atoms with E-state index in [2.05, 4.69) is 10.0 Å².